The Bertz CT molecular complexity index is 645. The van der Waals surface area contributed by atoms with Gasteiger partial charge in [0.15, 0.2) is 0 Å². The van der Waals surface area contributed by atoms with E-state index in [4.69, 9.17) is 4.74 Å². The van der Waals surface area contributed by atoms with Gasteiger partial charge >= 0.3 is 6.09 Å². The van der Waals surface area contributed by atoms with Gasteiger partial charge in [-0.1, -0.05) is 64.1 Å². The highest BCUT2D eigenvalue weighted by molar-refractivity contribution is 5.86. The molecule has 0 heterocycles. The summed E-state index contributed by atoms with van der Waals surface area (Å²) < 4.78 is 5.17. The number of hydrogen-bond acceptors (Lipinski definition) is 5. The average molecular weight is 392 g/mol. The van der Waals surface area contributed by atoms with Gasteiger partial charge in [-0.2, -0.15) is 0 Å². The SMILES string of the molecule is C=CC(C)(C)[C@@H](O)[C@H](CO)NC(=O)[C@H](NC(=O)OCc1ccccc1)C(C)C. The maximum absolute atomic E-state index is 12.7. The second kappa shape index (κ2) is 10.8. The van der Waals surface area contributed by atoms with Gasteiger partial charge in [0.05, 0.1) is 18.8 Å². The monoisotopic (exact) mass is 392 g/mol. The molecule has 0 spiro atoms. The first-order valence-electron chi connectivity index (χ1n) is 9.32. The van der Waals surface area contributed by atoms with Crippen LogP contribution in [0.5, 0.6) is 0 Å². The van der Waals surface area contributed by atoms with Crippen LogP contribution in [0.3, 0.4) is 0 Å². The highest BCUT2D eigenvalue weighted by Gasteiger charge is 2.34. The molecule has 7 heteroatoms. The van der Waals surface area contributed by atoms with Crippen molar-refractivity contribution < 1.29 is 24.5 Å². The molecule has 0 saturated carbocycles. The number of aliphatic hydroxyl groups excluding tert-OH is 2. The molecule has 0 radical (unpaired) electrons. The number of alkyl carbamates (subject to hydrolysis) is 1. The molecule has 0 aliphatic rings. The van der Waals surface area contributed by atoms with Crippen molar-refractivity contribution in [3.8, 4) is 0 Å². The van der Waals surface area contributed by atoms with Crippen molar-refractivity contribution in [2.45, 2.75) is 52.5 Å². The number of nitrogens with one attached hydrogen (secondary N) is 2. The Labute approximate surface area is 166 Å². The molecule has 3 atom stereocenters. The summed E-state index contributed by atoms with van der Waals surface area (Å²) in [7, 11) is 0. The topological polar surface area (TPSA) is 108 Å². The Balaban J connectivity index is 2.71. The molecule has 1 rings (SSSR count). The van der Waals surface area contributed by atoms with E-state index in [1.807, 2.05) is 30.3 Å². The second-order valence-corrected chi connectivity index (χ2v) is 7.70. The number of carbonyl (C=O) groups is 2. The van der Waals surface area contributed by atoms with Gasteiger partial charge in [-0.25, -0.2) is 4.79 Å². The summed E-state index contributed by atoms with van der Waals surface area (Å²) in [4.78, 5) is 24.8. The lowest BCUT2D eigenvalue weighted by Gasteiger charge is -2.34. The lowest BCUT2D eigenvalue weighted by atomic mass is 9.82. The fourth-order valence-corrected chi connectivity index (χ4v) is 2.56. The van der Waals surface area contributed by atoms with Gasteiger partial charge in [-0.05, 0) is 11.5 Å². The average Bonchev–Trinajstić information content (AvgIpc) is 2.68. The van der Waals surface area contributed by atoms with Gasteiger partial charge in [-0.3, -0.25) is 4.79 Å². The Morgan fingerprint density at radius 1 is 1.21 bits per heavy atom. The van der Waals surface area contributed by atoms with Gasteiger partial charge in [0.25, 0.3) is 0 Å². The second-order valence-electron chi connectivity index (χ2n) is 7.70. The first kappa shape index (κ1) is 23.7. The lowest BCUT2D eigenvalue weighted by Crippen LogP contribution is -2.57. The summed E-state index contributed by atoms with van der Waals surface area (Å²) in [6.45, 7) is 10.4. The van der Waals surface area contributed by atoms with E-state index in [0.29, 0.717) is 0 Å². The number of amides is 2. The molecule has 156 valence electrons. The predicted molar refractivity (Wildman–Crippen MR) is 107 cm³/mol. The molecule has 0 unspecified atom stereocenters. The Morgan fingerprint density at radius 3 is 2.32 bits per heavy atom. The molecular formula is C21H32N2O5. The molecule has 0 aromatic heterocycles. The van der Waals surface area contributed by atoms with Crippen molar-refractivity contribution in [1.82, 2.24) is 10.6 Å². The zero-order chi connectivity index (χ0) is 21.3. The number of hydrogen-bond donors (Lipinski definition) is 4. The van der Waals surface area contributed by atoms with Crippen LogP contribution in [0.1, 0.15) is 33.3 Å². The summed E-state index contributed by atoms with van der Waals surface area (Å²) in [6, 6.07) is 7.42. The summed E-state index contributed by atoms with van der Waals surface area (Å²) in [5.41, 5.74) is 0.120. The molecule has 0 aliphatic carbocycles. The van der Waals surface area contributed by atoms with Gasteiger partial charge in [0.2, 0.25) is 5.91 Å². The van der Waals surface area contributed by atoms with Crippen molar-refractivity contribution in [3.63, 3.8) is 0 Å². The van der Waals surface area contributed by atoms with E-state index in [1.54, 1.807) is 33.8 Å². The van der Waals surface area contributed by atoms with Crippen LogP contribution < -0.4 is 10.6 Å². The molecule has 0 fully saturated rings. The van der Waals surface area contributed by atoms with Crippen molar-refractivity contribution in [2.75, 3.05) is 6.61 Å². The summed E-state index contributed by atoms with van der Waals surface area (Å²) in [5, 5.41) is 25.2. The quantitative estimate of drug-likeness (QED) is 0.456. The predicted octanol–water partition coefficient (Wildman–Crippen LogP) is 1.99. The normalized spacial score (nSPS) is 14.7. The van der Waals surface area contributed by atoms with Crippen molar-refractivity contribution in [3.05, 3.63) is 48.6 Å². The first-order valence-corrected chi connectivity index (χ1v) is 9.32. The molecule has 4 N–H and O–H groups in total. The molecule has 1 aromatic rings. The summed E-state index contributed by atoms with van der Waals surface area (Å²) >= 11 is 0. The molecule has 0 saturated heterocycles. The molecule has 7 nitrogen and oxygen atoms in total. The standard InChI is InChI=1S/C21H32N2O5/c1-6-21(4,5)18(25)16(12-24)22-19(26)17(14(2)3)23-20(27)28-13-15-10-8-7-9-11-15/h6-11,14,16-18,24-25H,1,12-13H2,2-5H3,(H,22,26)(H,23,27)/t16-,17+,18-/m0/s1. The number of benzene rings is 1. The van der Waals surface area contributed by atoms with Gasteiger partial charge in [0, 0.05) is 5.41 Å². The molecule has 28 heavy (non-hydrogen) atoms. The molecule has 0 bridgehead atoms. The maximum Gasteiger partial charge on any atom is 0.408 e. The van der Waals surface area contributed by atoms with Crippen molar-refractivity contribution in [2.24, 2.45) is 11.3 Å². The van der Waals surface area contributed by atoms with Gasteiger partial charge < -0.3 is 25.6 Å². The fraction of sp³-hybridized carbons (Fsp3) is 0.524. The van der Waals surface area contributed by atoms with Gasteiger partial charge in [-0.15, -0.1) is 6.58 Å². The lowest BCUT2D eigenvalue weighted by molar-refractivity contribution is -0.126. The summed E-state index contributed by atoms with van der Waals surface area (Å²) in [6.07, 6.45) is -0.201. The Kier molecular flexibility index (Phi) is 9.15. The minimum Gasteiger partial charge on any atom is -0.445 e. The van der Waals surface area contributed by atoms with E-state index < -0.39 is 42.2 Å². The third-order valence-corrected chi connectivity index (χ3v) is 4.63. The smallest absolute Gasteiger partial charge is 0.408 e. The third-order valence-electron chi connectivity index (χ3n) is 4.63. The van der Waals surface area contributed by atoms with Crippen LogP contribution in [-0.2, 0) is 16.1 Å². The highest BCUT2D eigenvalue weighted by Crippen LogP contribution is 2.24. The number of aliphatic hydroxyl groups is 2. The summed E-state index contributed by atoms with van der Waals surface area (Å²) in [5.74, 6) is -0.738. The minimum absolute atomic E-state index is 0.0879. The van der Waals surface area contributed by atoms with Crippen LogP contribution in [0.15, 0.2) is 43.0 Å². The van der Waals surface area contributed by atoms with Gasteiger partial charge in [0.1, 0.15) is 12.6 Å². The van der Waals surface area contributed by atoms with Crippen molar-refractivity contribution >= 4 is 12.0 Å². The van der Waals surface area contributed by atoms with E-state index >= 15 is 0 Å². The first-order chi connectivity index (χ1) is 13.1. The Hall–Kier alpha value is -2.38. The third kappa shape index (κ3) is 6.98. The number of carbonyl (C=O) groups excluding carboxylic acids is 2. The zero-order valence-electron chi connectivity index (χ0n) is 17.0. The molecule has 0 aliphatic heterocycles. The van der Waals surface area contributed by atoms with Crippen LogP contribution >= 0.6 is 0 Å². The van der Waals surface area contributed by atoms with Crippen molar-refractivity contribution in [1.29, 1.82) is 0 Å². The minimum atomic E-state index is -1.04. The largest absolute Gasteiger partial charge is 0.445 e. The van der Waals surface area contributed by atoms with Crippen LogP contribution in [0.25, 0.3) is 0 Å². The highest BCUT2D eigenvalue weighted by atomic mass is 16.5. The maximum atomic E-state index is 12.7. The van der Waals surface area contributed by atoms with Crippen LogP contribution in [0.2, 0.25) is 0 Å². The van der Waals surface area contributed by atoms with Crippen LogP contribution in [-0.4, -0.2) is 47.0 Å². The van der Waals surface area contributed by atoms with E-state index in [2.05, 4.69) is 17.2 Å². The van der Waals surface area contributed by atoms with Crippen LogP contribution in [0, 0.1) is 11.3 Å². The van der Waals surface area contributed by atoms with E-state index in [9.17, 15) is 19.8 Å². The van der Waals surface area contributed by atoms with E-state index in [0.717, 1.165) is 5.56 Å². The molecule has 1 aromatic carbocycles. The van der Waals surface area contributed by atoms with E-state index in [-0.39, 0.29) is 12.5 Å². The Morgan fingerprint density at radius 2 is 1.82 bits per heavy atom. The number of ether oxygens (including phenoxy) is 1. The zero-order valence-corrected chi connectivity index (χ0v) is 17.0. The molecule has 2 amide bonds. The van der Waals surface area contributed by atoms with Crippen LogP contribution in [0.4, 0.5) is 4.79 Å². The van der Waals surface area contributed by atoms with E-state index in [1.165, 1.54) is 0 Å². The molecular weight excluding hydrogens is 360 g/mol. The number of rotatable bonds is 10. The fourth-order valence-electron chi connectivity index (χ4n) is 2.56.